The van der Waals surface area contributed by atoms with Crippen LogP contribution in [-0.4, -0.2) is 67.2 Å². The van der Waals surface area contributed by atoms with E-state index in [0.29, 0.717) is 39.3 Å². The van der Waals surface area contributed by atoms with Crippen LogP contribution in [0.25, 0.3) is 0 Å². The molecule has 1 saturated heterocycles. The van der Waals surface area contributed by atoms with Crippen molar-refractivity contribution in [1.29, 1.82) is 0 Å². The highest BCUT2D eigenvalue weighted by molar-refractivity contribution is 5.97. The summed E-state index contributed by atoms with van der Waals surface area (Å²) in [6, 6.07) is 8.33. The lowest BCUT2D eigenvalue weighted by Gasteiger charge is -2.34. The van der Waals surface area contributed by atoms with Gasteiger partial charge in [0.25, 0.3) is 0 Å². The molecule has 2 aliphatic heterocycles. The van der Waals surface area contributed by atoms with E-state index < -0.39 is 0 Å². The molecule has 1 aromatic carbocycles. The van der Waals surface area contributed by atoms with E-state index in [1.807, 2.05) is 30.0 Å². The lowest BCUT2D eigenvalue weighted by molar-refractivity contribution is -0.120. The monoisotopic (exact) mass is 331 g/mol. The fraction of sp³-hybridized carbons (Fsp3) is 0.556. The number of nitrogens with zero attached hydrogens (tertiary/aromatic N) is 3. The summed E-state index contributed by atoms with van der Waals surface area (Å²) in [4.78, 5) is 30.3. The average molecular weight is 331 g/mol. The molecule has 24 heavy (non-hydrogen) atoms. The van der Waals surface area contributed by atoms with Crippen LogP contribution in [0.4, 0.5) is 10.5 Å². The predicted octanol–water partition coefficient (Wildman–Crippen LogP) is 1.74. The van der Waals surface area contributed by atoms with Crippen LogP contribution in [0.5, 0.6) is 0 Å². The Morgan fingerprint density at radius 2 is 1.88 bits per heavy atom. The van der Waals surface area contributed by atoms with E-state index in [-0.39, 0.29) is 18.0 Å². The Balaban J connectivity index is 1.56. The number of carbonyl (C=O) groups excluding carboxylic acids is 2. The summed E-state index contributed by atoms with van der Waals surface area (Å²) >= 11 is 0. The highest BCUT2D eigenvalue weighted by atomic mass is 16.6. The quantitative estimate of drug-likeness (QED) is 0.847. The molecular weight excluding hydrogens is 306 g/mol. The first kappa shape index (κ1) is 16.8. The standard InChI is InChI=1S/C18H25N3O3/c1-3-24-18(23)20-10-8-19(9-11-20)13-17(22)21-14(2)12-15-6-4-5-7-16(15)21/h4-7,14H,3,8-13H2,1-2H3/t14-/m1/s1. The van der Waals surface area contributed by atoms with E-state index in [1.54, 1.807) is 4.90 Å². The molecule has 0 spiro atoms. The zero-order chi connectivity index (χ0) is 17.1. The molecule has 6 nitrogen and oxygen atoms in total. The van der Waals surface area contributed by atoms with E-state index in [0.717, 1.165) is 12.1 Å². The first-order valence-electron chi connectivity index (χ1n) is 8.64. The summed E-state index contributed by atoms with van der Waals surface area (Å²) in [5, 5.41) is 0. The summed E-state index contributed by atoms with van der Waals surface area (Å²) in [6.07, 6.45) is 0.656. The van der Waals surface area contributed by atoms with Crippen molar-refractivity contribution in [2.75, 3.05) is 44.2 Å². The molecule has 1 aromatic rings. The number of hydrogen-bond donors (Lipinski definition) is 0. The van der Waals surface area contributed by atoms with Crippen molar-refractivity contribution in [1.82, 2.24) is 9.80 Å². The minimum Gasteiger partial charge on any atom is -0.450 e. The minimum absolute atomic E-state index is 0.136. The van der Waals surface area contributed by atoms with Gasteiger partial charge in [0.15, 0.2) is 0 Å². The van der Waals surface area contributed by atoms with Gasteiger partial charge in [0.2, 0.25) is 5.91 Å². The van der Waals surface area contributed by atoms with Gasteiger partial charge in [0, 0.05) is 37.9 Å². The molecule has 2 aliphatic rings. The zero-order valence-corrected chi connectivity index (χ0v) is 14.4. The van der Waals surface area contributed by atoms with Crippen molar-refractivity contribution in [3.05, 3.63) is 29.8 Å². The lowest BCUT2D eigenvalue weighted by Crippen LogP contribution is -2.52. The molecule has 2 heterocycles. The first-order valence-corrected chi connectivity index (χ1v) is 8.64. The maximum Gasteiger partial charge on any atom is 0.409 e. The van der Waals surface area contributed by atoms with Crippen LogP contribution >= 0.6 is 0 Å². The fourth-order valence-corrected chi connectivity index (χ4v) is 3.52. The molecule has 0 saturated carbocycles. The normalized spacial score (nSPS) is 20.8. The Kier molecular flexibility index (Phi) is 5.04. The number of rotatable bonds is 3. The number of amides is 2. The highest BCUT2D eigenvalue weighted by Gasteiger charge is 2.32. The van der Waals surface area contributed by atoms with Gasteiger partial charge in [-0.15, -0.1) is 0 Å². The van der Waals surface area contributed by atoms with Crippen LogP contribution in [0.1, 0.15) is 19.4 Å². The second-order valence-corrected chi connectivity index (χ2v) is 6.41. The van der Waals surface area contributed by atoms with Gasteiger partial charge >= 0.3 is 6.09 Å². The van der Waals surface area contributed by atoms with Crippen molar-refractivity contribution in [3.8, 4) is 0 Å². The predicted molar refractivity (Wildman–Crippen MR) is 92.1 cm³/mol. The summed E-state index contributed by atoms with van der Waals surface area (Å²) in [5.41, 5.74) is 2.28. The van der Waals surface area contributed by atoms with Gasteiger partial charge in [-0.3, -0.25) is 9.69 Å². The SMILES string of the molecule is CCOC(=O)N1CCN(CC(=O)N2c3ccccc3C[C@H]2C)CC1. The number of piperazine rings is 1. The van der Waals surface area contributed by atoms with Crippen LogP contribution in [0.15, 0.2) is 24.3 Å². The topological polar surface area (TPSA) is 53.1 Å². The van der Waals surface area contributed by atoms with Gasteiger partial charge in [-0.1, -0.05) is 18.2 Å². The van der Waals surface area contributed by atoms with Gasteiger partial charge in [-0.05, 0) is 31.9 Å². The third-order valence-corrected chi connectivity index (χ3v) is 4.73. The van der Waals surface area contributed by atoms with Crippen LogP contribution in [-0.2, 0) is 16.0 Å². The van der Waals surface area contributed by atoms with E-state index in [1.165, 1.54) is 5.56 Å². The molecule has 0 unspecified atom stereocenters. The van der Waals surface area contributed by atoms with Crippen molar-refractivity contribution >= 4 is 17.7 Å². The van der Waals surface area contributed by atoms with E-state index in [4.69, 9.17) is 4.74 Å². The van der Waals surface area contributed by atoms with E-state index >= 15 is 0 Å². The molecule has 0 aliphatic carbocycles. The smallest absolute Gasteiger partial charge is 0.409 e. The molecule has 2 amide bonds. The molecule has 1 fully saturated rings. The molecular formula is C18H25N3O3. The van der Waals surface area contributed by atoms with Gasteiger partial charge in [-0.25, -0.2) is 4.79 Å². The molecule has 3 rings (SSSR count). The number of hydrogen-bond acceptors (Lipinski definition) is 4. The van der Waals surface area contributed by atoms with Gasteiger partial charge in [0.05, 0.1) is 13.2 Å². The summed E-state index contributed by atoms with van der Waals surface area (Å²) in [7, 11) is 0. The number of anilines is 1. The lowest BCUT2D eigenvalue weighted by atomic mass is 10.1. The fourth-order valence-electron chi connectivity index (χ4n) is 3.52. The number of carbonyl (C=O) groups is 2. The summed E-state index contributed by atoms with van der Waals surface area (Å²) < 4.78 is 5.03. The second kappa shape index (κ2) is 7.21. The van der Waals surface area contributed by atoms with E-state index in [9.17, 15) is 9.59 Å². The summed E-state index contributed by atoms with van der Waals surface area (Å²) in [6.45, 7) is 7.32. The van der Waals surface area contributed by atoms with Gasteiger partial charge in [0.1, 0.15) is 0 Å². The van der Waals surface area contributed by atoms with Crippen LogP contribution in [0.3, 0.4) is 0 Å². The van der Waals surface area contributed by atoms with Gasteiger partial charge in [-0.2, -0.15) is 0 Å². The molecule has 1 atom stereocenters. The van der Waals surface area contributed by atoms with Crippen LogP contribution < -0.4 is 4.90 Å². The second-order valence-electron chi connectivity index (χ2n) is 6.41. The number of ether oxygens (including phenoxy) is 1. The summed E-state index contributed by atoms with van der Waals surface area (Å²) in [5.74, 6) is 0.136. The van der Waals surface area contributed by atoms with Crippen molar-refractivity contribution in [2.45, 2.75) is 26.3 Å². The molecule has 0 radical (unpaired) electrons. The van der Waals surface area contributed by atoms with E-state index in [2.05, 4.69) is 17.9 Å². The molecule has 0 aromatic heterocycles. The molecule has 0 bridgehead atoms. The maximum atomic E-state index is 12.8. The first-order chi connectivity index (χ1) is 11.6. The Morgan fingerprint density at radius 1 is 1.17 bits per heavy atom. The minimum atomic E-state index is -0.259. The number of fused-ring (bicyclic) bond motifs is 1. The molecule has 0 N–H and O–H groups in total. The zero-order valence-electron chi connectivity index (χ0n) is 14.4. The van der Waals surface area contributed by atoms with Crippen LogP contribution in [0.2, 0.25) is 0 Å². The number of benzene rings is 1. The van der Waals surface area contributed by atoms with Gasteiger partial charge < -0.3 is 14.5 Å². The average Bonchev–Trinajstić information content (AvgIpc) is 2.91. The van der Waals surface area contributed by atoms with Crippen molar-refractivity contribution < 1.29 is 14.3 Å². The third kappa shape index (κ3) is 3.38. The molecule has 6 heteroatoms. The maximum absolute atomic E-state index is 12.8. The highest BCUT2D eigenvalue weighted by Crippen LogP contribution is 2.31. The Bertz CT molecular complexity index is 611. The Hall–Kier alpha value is -2.08. The Morgan fingerprint density at radius 3 is 2.58 bits per heavy atom. The largest absolute Gasteiger partial charge is 0.450 e. The van der Waals surface area contributed by atoms with Crippen LogP contribution in [0, 0.1) is 0 Å². The van der Waals surface area contributed by atoms with Crippen molar-refractivity contribution in [2.24, 2.45) is 0 Å². The third-order valence-electron chi connectivity index (χ3n) is 4.73. The molecule has 130 valence electrons. The van der Waals surface area contributed by atoms with Crippen molar-refractivity contribution in [3.63, 3.8) is 0 Å². The number of para-hydroxylation sites is 1. The Labute approximate surface area is 143 Å².